The Hall–Kier alpha value is -2.16. The molecule has 0 saturated carbocycles. The lowest BCUT2D eigenvalue weighted by atomic mass is 10.3. The summed E-state index contributed by atoms with van der Waals surface area (Å²) in [6.07, 6.45) is 4.51. The topological polar surface area (TPSA) is 32.6 Å². The van der Waals surface area contributed by atoms with Crippen molar-refractivity contribution >= 4 is 11.9 Å². The number of aliphatic hydroxyl groups is 1. The van der Waals surface area contributed by atoms with Gasteiger partial charge in [0.05, 0.1) is 5.69 Å². The molecule has 16 heavy (non-hydrogen) atoms. The summed E-state index contributed by atoms with van der Waals surface area (Å²) in [6, 6.07) is 5.79. The molecule has 0 spiro atoms. The van der Waals surface area contributed by atoms with E-state index in [-0.39, 0.29) is 11.6 Å². The van der Waals surface area contributed by atoms with Crippen molar-refractivity contribution in [2.45, 2.75) is 0 Å². The second-order valence-corrected chi connectivity index (χ2v) is 3.13. The molecule has 0 amide bonds. The fourth-order valence-electron chi connectivity index (χ4n) is 0.931. The summed E-state index contributed by atoms with van der Waals surface area (Å²) in [6.45, 7) is 6.99. The molecule has 82 valence electrons. The van der Waals surface area contributed by atoms with Crippen LogP contribution in [0.2, 0.25) is 0 Å². The van der Waals surface area contributed by atoms with E-state index in [9.17, 15) is 4.39 Å². The highest BCUT2D eigenvalue weighted by atomic mass is 19.1. The summed E-state index contributed by atoms with van der Waals surface area (Å²) < 4.78 is 12.6. The molecule has 0 heterocycles. The Morgan fingerprint density at radius 2 is 1.81 bits per heavy atom. The lowest BCUT2D eigenvalue weighted by Crippen LogP contribution is -1.78. The van der Waals surface area contributed by atoms with Crippen molar-refractivity contribution in [2.24, 2.45) is 4.99 Å². The first-order valence-corrected chi connectivity index (χ1v) is 4.62. The van der Waals surface area contributed by atoms with Crippen molar-refractivity contribution < 1.29 is 9.50 Å². The van der Waals surface area contributed by atoms with E-state index in [0.29, 0.717) is 11.3 Å². The van der Waals surface area contributed by atoms with Gasteiger partial charge in [0, 0.05) is 6.21 Å². The first-order chi connectivity index (χ1) is 7.58. The van der Waals surface area contributed by atoms with Gasteiger partial charge in [-0.1, -0.05) is 19.2 Å². The van der Waals surface area contributed by atoms with Crippen LogP contribution in [0.1, 0.15) is 0 Å². The summed E-state index contributed by atoms with van der Waals surface area (Å²) in [4.78, 5) is 4.07. The Labute approximate surface area is 93.8 Å². The van der Waals surface area contributed by atoms with Crippen LogP contribution >= 0.6 is 0 Å². The minimum absolute atomic E-state index is 0.0451. The van der Waals surface area contributed by atoms with Gasteiger partial charge in [-0.15, -0.1) is 0 Å². The number of rotatable bonds is 4. The molecule has 0 aliphatic heterocycles. The quantitative estimate of drug-likeness (QED) is 0.465. The largest absolute Gasteiger partial charge is 0.509 e. The Balaban J connectivity index is 2.63. The van der Waals surface area contributed by atoms with Crippen molar-refractivity contribution in [3.63, 3.8) is 0 Å². The average Bonchev–Trinajstić information content (AvgIpc) is 2.25. The van der Waals surface area contributed by atoms with Crippen LogP contribution in [-0.4, -0.2) is 11.3 Å². The highest BCUT2D eigenvalue weighted by Crippen LogP contribution is 2.11. The third-order valence-electron chi connectivity index (χ3n) is 1.70. The zero-order valence-electron chi connectivity index (χ0n) is 8.73. The predicted molar refractivity (Wildman–Crippen MR) is 64.6 cm³/mol. The minimum Gasteiger partial charge on any atom is -0.509 e. The highest BCUT2D eigenvalue weighted by molar-refractivity contribution is 5.83. The van der Waals surface area contributed by atoms with Crippen molar-refractivity contribution in [3.8, 4) is 0 Å². The van der Waals surface area contributed by atoms with Gasteiger partial charge in [0.1, 0.15) is 11.6 Å². The van der Waals surface area contributed by atoms with Crippen LogP contribution in [-0.2, 0) is 0 Å². The summed E-state index contributed by atoms with van der Waals surface area (Å²) in [5, 5.41) is 8.81. The fourth-order valence-corrected chi connectivity index (χ4v) is 0.931. The number of hydrogen-bond donors (Lipinski definition) is 1. The van der Waals surface area contributed by atoms with Gasteiger partial charge in [-0.25, -0.2) is 4.39 Å². The number of aliphatic hydroxyl groups excluding tert-OH is 1. The van der Waals surface area contributed by atoms with Crippen molar-refractivity contribution in [1.82, 2.24) is 0 Å². The number of benzene rings is 1. The second-order valence-electron chi connectivity index (χ2n) is 3.13. The summed E-state index contributed by atoms with van der Waals surface area (Å²) in [7, 11) is 0. The molecule has 0 radical (unpaired) electrons. The Morgan fingerprint density at radius 1 is 1.19 bits per heavy atom. The van der Waals surface area contributed by atoms with E-state index in [0.717, 1.165) is 0 Å². The van der Waals surface area contributed by atoms with E-state index in [2.05, 4.69) is 18.2 Å². The lowest BCUT2D eigenvalue weighted by molar-refractivity contribution is 0.435. The Kier molecular flexibility index (Phi) is 4.21. The lowest BCUT2D eigenvalue weighted by Gasteiger charge is -1.93. The first kappa shape index (κ1) is 11.9. The van der Waals surface area contributed by atoms with Crippen LogP contribution in [0.15, 0.2) is 65.9 Å². The van der Waals surface area contributed by atoms with Gasteiger partial charge in [-0.05, 0) is 35.9 Å². The number of hydrogen-bond acceptors (Lipinski definition) is 2. The molecule has 0 saturated heterocycles. The van der Waals surface area contributed by atoms with E-state index in [1.54, 1.807) is 18.2 Å². The molecular weight excluding hydrogens is 205 g/mol. The van der Waals surface area contributed by atoms with Crippen molar-refractivity contribution in [1.29, 1.82) is 0 Å². The molecular formula is C13H12FNO. The molecule has 1 rings (SSSR count). The molecule has 0 unspecified atom stereocenters. The third-order valence-corrected chi connectivity index (χ3v) is 1.70. The van der Waals surface area contributed by atoms with E-state index in [1.807, 2.05) is 0 Å². The van der Waals surface area contributed by atoms with Crippen LogP contribution < -0.4 is 0 Å². The first-order valence-electron chi connectivity index (χ1n) is 4.62. The molecule has 0 aliphatic carbocycles. The smallest absolute Gasteiger partial charge is 0.123 e. The molecule has 0 fully saturated rings. The molecule has 0 bridgehead atoms. The summed E-state index contributed by atoms with van der Waals surface area (Å²) >= 11 is 0. The molecule has 0 aromatic heterocycles. The maximum Gasteiger partial charge on any atom is 0.123 e. The zero-order valence-corrected chi connectivity index (χ0v) is 8.73. The average molecular weight is 217 g/mol. The summed E-state index contributed by atoms with van der Waals surface area (Å²) in [5.74, 6) is -0.342. The van der Waals surface area contributed by atoms with E-state index in [4.69, 9.17) is 5.11 Å². The van der Waals surface area contributed by atoms with Crippen LogP contribution in [0.3, 0.4) is 0 Å². The molecule has 1 N–H and O–H groups in total. The van der Waals surface area contributed by atoms with Crippen molar-refractivity contribution in [3.05, 3.63) is 66.7 Å². The monoisotopic (exact) mass is 217 g/mol. The normalized spacial score (nSPS) is 11.1. The van der Waals surface area contributed by atoms with Crippen LogP contribution in [0, 0.1) is 5.82 Å². The molecule has 0 atom stereocenters. The molecule has 3 heteroatoms. The van der Waals surface area contributed by atoms with Crippen molar-refractivity contribution in [2.75, 3.05) is 0 Å². The van der Waals surface area contributed by atoms with Crippen LogP contribution in [0.4, 0.5) is 10.1 Å². The van der Waals surface area contributed by atoms with E-state index in [1.165, 1.54) is 24.4 Å². The number of aliphatic imine (C=N–C) groups is 1. The van der Waals surface area contributed by atoms with Gasteiger partial charge in [-0.3, -0.25) is 4.99 Å². The van der Waals surface area contributed by atoms with Crippen LogP contribution in [0.25, 0.3) is 0 Å². The molecule has 2 nitrogen and oxygen atoms in total. The molecule has 1 aromatic rings. The number of allylic oxidation sites excluding steroid dienone is 3. The fraction of sp³-hybridized carbons (Fsp3) is 0. The third kappa shape index (κ3) is 4.37. The minimum atomic E-state index is -0.297. The highest BCUT2D eigenvalue weighted by Gasteiger charge is 1.89. The standard InChI is InChI=1S/C13H12FNO/c1-10(3-4-11(2)16)9-15-13-7-5-12(14)6-8-13/h3-9,16H,1-2H2/b4-3-,15-9?. The predicted octanol–water partition coefficient (Wildman–Crippen LogP) is 3.71. The second kappa shape index (κ2) is 5.66. The van der Waals surface area contributed by atoms with E-state index >= 15 is 0 Å². The van der Waals surface area contributed by atoms with Gasteiger partial charge in [0.2, 0.25) is 0 Å². The van der Waals surface area contributed by atoms with Gasteiger partial charge in [0.25, 0.3) is 0 Å². The van der Waals surface area contributed by atoms with Gasteiger partial charge in [0.15, 0.2) is 0 Å². The Morgan fingerprint density at radius 3 is 2.38 bits per heavy atom. The number of nitrogens with zero attached hydrogens (tertiary/aromatic N) is 1. The Bertz CT molecular complexity index is 444. The van der Waals surface area contributed by atoms with Gasteiger partial charge in [-0.2, -0.15) is 0 Å². The van der Waals surface area contributed by atoms with E-state index < -0.39 is 0 Å². The number of halogens is 1. The van der Waals surface area contributed by atoms with Gasteiger partial charge >= 0.3 is 0 Å². The molecule has 1 aromatic carbocycles. The zero-order chi connectivity index (χ0) is 12.0. The maximum absolute atomic E-state index is 12.6. The molecule has 0 aliphatic rings. The summed E-state index contributed by atoms with van der Waals surface area (Å²) in [5.41, 5.74) is 1.25. The SMILES string of the molecule is C=C(O)/C=C\C(=C)C=Nc1ccc(F)cc1. The maximum atomic E-state index is 12.6. The van der Waals surface area contributed by atoms with Gasteiger partial charge < -0.3 is 5.11 Å². The van der Waals surface area contributed by atoms with Crippen LogP contribution in [0.5, 0.6) is 0 Å².